The monoisotopic (exact) mass is 278 g/mol. The SMILES string of the molecule is COC(CC(CN)N1CC(C)Cc2ccccc21)OC. The molecule has 2 unspecified atom stereocenters. The number of rotatable bonds is 6. The van der Waals surface area contributed by atoms with Crippen molar-refractivity contribution in [3.63, 3.8) is 0 Å². The van der Waals surface area contributed by atoms with Gasteiger partial charge < -0.3 is 20.1 Å². The number of nitrogens with two attached hydrogens (primary N) is 1. The van der Waals surface area contributed by atoms with Gasteiger partial charge in [0.15, 0.2) is 6.29 Å². The first-order valence-corrected chi connectivity index (χ1v) is 7.29. The first-order valence-electron chi connectivity index (χ1n) is 7.29. The van der Waals surface area contributed by atoms with Crippen LogP contribution in [0, 0.1) is 5.92 Å². The van der Waals surface area contributed by atoms with Crippen molar-refractivity contribution in [3.05, 3.63) is 29.8 Å². The summed E-state index contributed by atoms with van der Waals surface area (Å²) in [6.07, 6.45) is 1.72. The summed E-state index contributed by atoms with van der Waals surface area (Å²) in [6, 6.07) is 8.86. The second-order valence-electron chi connectivity index (χ2n) is 5.62. The summed E-state index contributed by atoms with van der Waals surface area (Å²) in [7, 11) is 3.35. The van der Waals surface area contributed by atoms with Crippen LogP contribution >= 0.6 is 0 Å². The lowest BCUT2D eigenvalue weighted by molar-refractivity contribution is -0.109. The van der Waals surface area contributed by atoms with Gasteiger partial charge >= 0.3 is 0 Å². The van der Waals surface area contributed by atoms with Crippen LogP contribution in [0.4, 0.5) is 5.69 Å². The van der Waals surface area contributed by atoms with E-state index in [0.29, 0.717) is 12.5 Å². The quantitative estimate of drug-likeness (QED) is 0.809. The zero-order chi connectivity index (χ0) is 14.5. The van der Waals surface area contributed by atoms with Crippen LogP contribution in [0.2, 0.25) is 0 Å². The van der Waals surface area contributed by atoms with Crippen LogP contribution in [0.5, 0.6) is 0 Å². The first-order chi connectivity index (χ1) is 9.69. The molecule has 4 nitrogen and oxygen atoms in total. The average Bonchev–Trinajstić information content (AvgIpc) is 2.48. The second-order valence-corrected chi connectivity index (χ2v) is 5.62. The zero-order valence-electron chi connectivity index (χ0n) is 12.7. The Balaban J connectivity index is 2.21. The van der Waals surface area contributed by atoms with E-state index in [1.165, 1.54) is 11.3 Å². The third-order valence-electron chi connectivity index (χ3n) is 4.08. The number of methoxy groups -OCH3 is 2. The van der Waals surface area contributed by atoms with Crippen molar-refractivity contribution in [1.82, 2.24) is 0 Å². The fourth-order valence-electron chi connectivity index (χ4n) is 3.05. The summed E-state index contributed by atoms with van der Waals surface area (Å²) in [5.41, 5.74) is 8.74. The average molecular weight is 278 g/mol. The summed E-state index contributed by atoms with van der Waals surface area (Å²) in [5.74, 6) is 0.641. The van der Waals surface area contributed by atoms with E-state index in [2.05, 4.69) is 36.1 Å². The number of anilines is 1. The fourth-order valence-corrected chi connectivity index (χ4v) is 3.05. The predicted molar refractivity (Wildman–Crippen MR) is 81.9 cm³/mol. The fraction of sp³-hybridized carbons (Fsp3) is 0.625. The summed E-state index contributed by atoms with van der Waals surface area (Å²) in [6.45, 7) is 3.93. The molecule has 1 aromatic rings. The minimum absolute atomic E-state index is 0.201. The number of ether oxygens (including phenoxy) is 2. The van der Waals surface area contributed by atoms with E-state index in [4.69, 9.17) is 15.2 Å². The molecule has 1 aromatic carbocycles. The van der Waals surface area contributed by atoms with Crippen molar-refractivity contribution in [2.75, 3.05) is 32.2 Å². The number of para-hydroxylation sites is 1. The van der Waals surface area contributed by atoms with Gasteiger partial charge in [-0.25, -0.2) is 0 Å². The Hall–Kier alpha value is -1.10. The minimum Gasteiger partial charge on any atom is -0.367 e. The van der Waals surface area contributed by atoms with Gasteiger partial charge in [-0.3, -0.25) is 0 Å². The third kappa shape index (κ3) is 3.32. The van der Waals surface area contributed by atoms with Crippen molar-refractivity contribution in [2.24, 2.45) is 11.7 Å². The molecule has 0 aliphatic carbocycles. The van der Waals surface area contributed by atoms with E-state index >= 15 is 0 Å². The second kappa shape index (κ2) is 7.07. The van der Waals surface area contributed by atoms with Crippen molar-refractivity contribution >= 4 is 5.69 Å². The van der Waals surface area contributed by atoms with E-state index < -0.39 is 0 Å². The molecule has 1 heterocycles. The molecule has 0 amide bonds. The van der Waals surface area contributed by atoms with Gasteiger partial charge in [-0.1, -0.05) is 25.1 Å². The van der Waals surface area contributed by atoms with Gasteiger partial charge in [-0.05, 0) is 24.0 Å². The number of hydrogen-bond donors (Lipinski definition) is 1. The molecule has 0 aromatic heterocycles. The number of fused-ring (bicyclic) bond motifs is 1. The largest absolute Gasteiger partial charge is 0.367 e. The molecule has 0 spiro atoms. The highest BCUT2D eigenvalue weighted by Gasteiger charge is 2.28. The van der Waals surface area contributed by atoms with E-state index in [-0.39, 0.29) is 12.3 Å². The zero-order valence-corrected chi connectivity index (χ0v) is 12.7. The normalized spacial score (nSPS) is 20.1. The number of hydrogen-bond acceptors (Lipinski definition) is 4. The first kappa shape index (κ1) is 15.3. The summed E-state index contributed by atoms with van der Waals surface area (Å²) in [4.78, 5) is 2.43. The molecule has 2 atom stereocenters. The van der Waals surface area contributed by atoms with E-state index in [9.17, 15) is 0 Å². The van der Waals surface area contributed by atoms with Crippen LogP contribution in [0.3, 0.4) is 0 Å². The van der Waals surface area contributed by atoms with E-state index in [1.807, 2.05) is 0 Å². The standard InChI is InChI=1S/C16H26N2O2/c1-12-8-13-6-4-5-7-15(13)18(11-12)14(10-17)9-16(19-2)20-3/h4-7,12,14,16H,8-11,17H2,1-3H3. The van der Waals surface area contributed by atoms with Gasteiger partial charge in [0, 0.05) is 45.5 Å². The Morgan fingerprint density at radius 1 is 1.30 bits per heavy atom. The molecular formula is C16H26N2O2. The van der Waals surface area contributed by atoms with Crippen LogP contribution in [0.15, 0.2) is 24.3 Å². The Morgan fingerprint density at radius 2 is 2.00 bits per heavy atom. The topological polar surface area (TPSA) is 47.7 Å². The molecular weight excluding hydrogens is 252 g/mol. The highest BCUT2D eigenvalue weighted by atomic mass is 16.7. The van der Waals surface area contributed by atoms with Crippen molar-refractivity contribution < 1.29 is 9.47 Å². The molecule has 0 saturated carbocycles. The van der Waals surface area contributed by atoms with Gasteiger partial charge in [-0.2, -0.15) is 0 Å². The lowest BCUT2D eigenvalue weighted by atomic mass is 9.92. The van der Waals surface area contributed by atoms with Gasteiger partial charge in [0.1, 0.15) is 0 Å². The highest BCUT2D eigenvalue weighted by Crippen LogP contribution is 2.31. The molecule has 1 aliphatic rings. The molecule has 0 fully saturated rings. The number of benzene rings is 1. The predicted octanol–water partition coefficient (Wildman–Crippen LogP) is 2.02. The highest BCUT2D eigenvalue weighted by molar-refractivity contribution is 5.56. The smallest absolute Gasteiger partial charge is 0.158 e. The molecule has 2 rings (SSSR count). The Labute approximate surface area is 121 Å². The van der Waals surface area contributed by atoms with Crippen molar-refractivity contribution in [2.45, 2.75) is 32.1 Å². The van der Waals surface area contributed by atoms with E-state index in [0.717, 1.165) is 19.4 Å². The van der Waals surface area contributed by atoms with Crippen LogP contribution in [0.25, 0.3) is 0 Å². The van der Waals surface area contributed by atoms with Gasteiger partial charge in [-0.15, -0.1) is 0 Å². The maximum absolute atomic E-state index is 6.01. The van der Waals surface area contributed by atoms with Crippen LogP contribution < -0.4 is 10.6 Å². The summed E-state index contributed by atoms with van der Waals surface area (Å²) >= 11 is 0. The van der Waals surface area contributed by atoms with Crippen molar-refractivity contribution in [3.8, 4) is 0 Å². The summed E-state index contributed by atoms with van der Waals surface area (Å²) < 4.78 is 10.7. The van der Waals surface area contributed by atoms with Crippen LogP contribution in [-0.4, -0.2) is 39.6 Å². The van der Waals surface area contributed by atoms with Gasteiger partial charge in [0.2, 0.25) is 0 Å². The van der Waals surface area contributed by atoms with Crippen molar-refractivity contribution in [1.29, 1.82) is 0 Å². The van der Waals surface area contributed by atoms with Crippen LogP contribution in [0.1, 0.15) is 18.9 Å². The molecule has 20 heavy (non-hydrogen) atoms. The van der Waals surface area contributed by atoms with Gasteiger partial charge in [0.05, 0.1) is 0 Å². The molecule has 1 aliphatic heterocycles. The summed E-state index contributed by atoms with van der Waals surface area (Å²) in [5, 5.41) is 0. The Bertz CT molecular complexity index is 421. The van der Waals surface area contributed by atoms with E-state index in [1.54, 1.807) is 14.2 Å². The third-order valence-corrected chi connectivity index (χ3v) is 4.08. The molecule has 4 heteroatoms. The van der Waals surface area contributed by atoms with Crippen LogP contribution in [-0.2, 0) is 15.9 Å². The maximum atomic E-state index is 6.01. The lowest BCUT2D eigenvalue weighted by Crippen LogP contribution is -2.47. The maximum Gasteiger partial charge on any atom is 0.158 e. The Kier molecular flexibility index (Phi) is 5.40. The molecule has 0 saturated heterocycles. The Morgan fingerprint density at radius 3 is 2.65 bits per heavy atom. The lowest BCUT2D eigenvalue weighted by Gasteiger charge is -2.41. The number of nitrogens with zero attached hydrogens (tertiary/aromatic N) is 1. The molecule has 2 N–H and O–H groups in total. The van der Waals surface area contributed by atoms with Gasteiger partial charge in [0.25, 0.3) is 0 Å². The minimum atomic E-state index is -0.201. The molecule has 0 bridgehead atoms. The molecule has 0 radical (unpaired) electrons. The molecule has 112 valence electrons.